The number of rotatable bonds is 5. The van der Waals surface area contributed by atoms with Crippen molar-refractivity contribution < 1.29 is 0 Å². The summed E-state index contributed by atoms with van der Waals surface area (Å²) < 4.78 is 2.18. The Morgan fingerprint density at radius 3 is 2.77 bits per heavy atom. The Kier molecular flexibility index (Phi) is 6.23. The highest BCUT2D eigenvalue weighted by molar-refractivity contribution is 7.15. The number of likely N-dealkylation sites (tertiary alicyclic amines) is 1. The Hall–Kier alpha value is -1.11. The monoisotopic (exact) mass is 341 g/mol. The number of nitrogens with two attached hydrogens (primary N) is 1. The van der Waals surface area contributed by atoms with Gasteiger partial charge in [0.05, 0.1) is 0 Å². The van der Waals surface area contributed by atoms with Gasteiger partial charge in [-0.2, -0.15) is 5.10 Å². The normalized spacial score (nSPS) is 16.6. The van der Waals surface area contributed by atoms with E-state index in [0.717, 1.165) is 32.6 Å². The summed E-state index contributed by atoms with van der Waals surface area (Å²) in [6.07, 6.45) is 7.41. The molecule has 2 N–H and O–H groups in total. The predicted molar refractivity (Wildman–Crippen MR) is 93.5 cm³/mol. The molecule has 3 rings (SSSR count). The summed E-state index contributed by atoms with van der Waals surface area (Å²) in [5.74, 6) is 0.654. The molecule has 0 bridgehead atoms. The van der Waals surface area contributed by atoms with Crippen LogP contribution in [-0.2, 0) is 13.1 Å². The summed E-state index contributed by atoms with van der Waals surface area (Å²) in [6.45, 7) is 6.49. The second kappa shape index (κ2) is 7.94. The second-order valence-electron chi connectivity index (χ2n) is 5.69. The van der Waals surface area contributed by atoms with Crippen LogP contribution in [0.2, 0.25) is 0 Å². The van der Waals surface area contributed by atoms with Crippen LogP contribution in [0, 0.1) is 0 Å². The van der Waals surface area contributed by atoms with Crippen molar-refractivity contribution in [3.63, 3.8) is 0 Å². The molecule has 1 aliphatic rings. The molecule has 0 atom stereocenters. The summed E-state index contributed by atoms with van der Waals surface area (Å²) in [5, 5.41) is 5.12. The van der Waals surface area contributed by atoms with Crippen molar-refractivity contribution in [1.82, 2.24) is 19.7 Å². The highest BCUT2D eigenvalue weighted by atomic mass is 35.5. The Morgan fingerprint density at radius 1 is 1.36 bits per heavy atom. The van der Waals surface area contributed by atoms with E-state index in [2.05, 4.69) is 32.7 Å². The first-order valence-electron chi connectivity index (χ1n) is 7.70. The van der Waals surface area contributed by atoms with Gasteiger partial charge in [-0.25, -0.2) is 4.98 Å². The van der Waals surface area contributed by atoms with E-state index >= 15 is 0 Å². The number of nitrogen functional groups attached to an aromatic ring is 1. The van der Waals surface area contributed by atoms with Crippen LogP contribution in [0.25, 0.3) is 0 Å². The molecular weight excluding hydrogens is 318 g/mol. The number of aryl methyl sites for hydroxylation is 1. The van der Waals surface area contributed by atoms with Crippen LogP contribution in [-0.4, -0.2) is 32.8 Å². The van der Waals surface area contributed by atoms with E-state index in [0.29, 0.717) is 11.0 Å². The van der Waals surface area contributed by atoms with Crippen LogP contribution < -0.4 is 5.73 Å². The van der Waals surface area contributed by atoms with Gasteiger partial charge in [-0.1, -0.05) is 6.92 Å². The third kappa shape index (κ3) is 4.00. The van der Waals surface area contributed by atoms with Crippen molar-refractivity contribution in [2.75, 3.05) is 18.8 Å². The van der Waals surface area contributed by atoms with Crippen molar-refractivity contribution in [3.8, 4) is 0 Å². The highest BCUT2D eigenvalue weighted by Gasteiger charge is 2.23. The molecule has 1 aliphatic heterocycles. The molecule has 0 radical (unpaired) electrons. The molecule has 122 valence electrons. The number of anilines is 1. The van der Waals surface area contributed by atoms with Crippen LogP contribution in [0.15, 0.2) is 18.5 Å². The fourth-order valence-electron chi connectivity index (χ4n) is 3.09. The number of piperidine rings is 1. The average molecular weight is 342 g/mol. The molecule has 5 nitrogen and oxygen atoms in total. The maximum atomic E-state index is 5.69. The lowest BCUT2D eigenvalue weighted by molar-refractivity contribution is 0.202. The Morgan fingerprint density at radius 2 is 2.14 bits per heavy atom. The third-order valence-electron chi connectivity index (χ3n) is 4.14. The summed E-state index contributed by atoms with van der Waals surface area (Å²) in [6, 6.07) is 2.19. The third-order valence-corrected chi connectivity index (χ3v) is 4.95. The van der Waals surface area contributed by atoms with Gasteiger partial charge >= 0.3 is 0 Å². The van der Waals surface area contributed by atoms with Crippen molar-refractivity contribution in [2.45, 2.75) is 45.2 Å². The van der Waals surface area contributed by atoms with Gasteiger partial charge < -0.3 is 5.73 Å². The summed E-state index contributed by atoms with van der Waals surface area (Å²) in [5.41, 5.74) is 7.11. The van der Waals surface area contributed by atoms with Gasteiger partial charge in [0, 0.05) is 42.0 Å². The minimum Gasteiger partial charge on any atom is -0.375 e. The molecular formula is C15H24ClN5S. The van der Waals surface area contributed by atoms with Crippen LogP contribution >= 0.6 is 23.7 Å². The van der Waals surface area contributed by atoms with Crippen LogP contribution in [0.3, 0.4) is 0 Å². The van der Waals surface area contributed by atoms with E-state index in [1.54, 1.807) is 11.3 Å². The fourth-order valence-corrected chi connectivity index (χ4v) is 3.82. The number of hydrogen-bond acceptors (Lipinski definition) is 5. The maximum absolute atomic E-state index is 5.69. The lowest BCUT2D eigenvalue weighted by Crippen LogP contribution is -2.32. The average Bonchev–Trinajstić information content (AvgIpc) is 3.10. The Balaban J connectivity index is 0.00000176. The minimum atomic E-state index is 0. The number of aromatic nitrogens is 3. The number of hydrogen-bond donors (Lipinski definition) is 1. The summed E-state index contributed by atoms with van der Waals surface area (Å²) >= 11 is 1.60. The topological polar surface area (TPSA) is 60.0 Å². The van der Waals surface area contributed by atoms with E-state index in [1.165, 1.54) is 23.4 Å². The van der Waals surface area contributed by atoms with E-state index in [4.69, 9.17) is 5.73 Å². The van der Waals surface area contributed by atoms with Crippen molar-refractivity contribution in [2.24, 2.45) is 0 Å². The number of nitrogens with zero attached hydrogens (tertiary/aromatic N) is 4. The minimum absolute atomic E-state index is 0. The zero-order valence-corrected chi connectivity index (χ0v) is 14.6. The van der Waals surface area contributed by atoms with Gasteiger partial charge in [-0.3, -0.25) is 9.58 Å². The van der Waals surface area contributed by atoms with Gasteiger partial charge in [0.2, 0.25) is 0 Å². The van der Waals surface area contributed by atoms with Crippen LogP contribution in [0.5, 0.6) is 0 Å². The Bertz CT molecular complexity index is 574. The van der Waals surface area contributed by atoms with Gasteiger partial charge in [0.1, 0.15) is 0 Å². The maximum Gasteiger partial charge on any atom is 0.180 e. The first-order chi connectivity index (χ1) is 10.3. The highest BCUT2D eigenvalue weighted by Crippen LogP contribution is 2.29. The van der Waals surface area contributed by atoms with Crippen LogP contribution in [0.1, 0.15) is 42.7 Å². The molecule has 3 heterocycles. The summed E-state index contributed by atoms with van der Waals surface area (Å²) in [7, 11) is 0. The van der Waals surface area contributed by atoms with Crippen molar-refractivity contribution in [1.29, 1.82) is 0 Å². The molecule has 2 aromatic heterocycles. The lowest BCUT2D eigenvalue weighted by atomic mass is 9.93. The first-order valence-corrected chi connectivity index (χ1v) is 8.52. The van der Waals surface area contributed by atoms with E-state index in [-0.39, 0.29) is 12.4 Å². The van der Waals surface area contributed by atoms with E-state index in [9.17, 15) is 0 Å². The first kappa shape index (κ1) is 17.2. The van der Waals surface area contributed by atoms with Crippen molar-refractivity contribution >= 4 is 28.9 Å². The molecule has 0 saturated carbocycles. The standard InChI is InChI=1S/C15H23N5S.ClH/c1-2-7-20-14(3-6-18-20)12-4-8-19(9-5-12)11-13-10-17-15(16)21-13;/h3,6,10,12H,2,4-5,7-9,11H2,1H3,(H2,16,17);1H. The SMILES string of the molecule is CCCn1nccc1C1CCN(Cc2cnc(N)s2)CC1.Cl. The number of halogens is 1. The van der Waals surface area contributed by atoms with Gasteiger partial charge in [-0.15, -0.1) is 23.7 Å². The van der Waals surface area contributed by atoms with Gasteiger partial charge in [-0.05, 0) is 38.4 Å². The molecule has 2 aromatic rings. The molecule has 22 heavy (non-hydrogen) atoms. The predicted octanol–water partition coefficient (Wildman–Crippen LogP) is 3.13. The second-order valence-corrected chi connectivity index (χ2v) is 6.84. The fraction of sp³-hybridized carbons (Fsp3) is 0.600. The quantitative estimate of drug-likeness (QED) is 0.907. The molecule has 0 aliphatic carbocycles. The van der Waals surface area contributed by atoms with Gasteiger partial charge in [0.25, 0.3) is 0 Å². The number of thiazole rings is 1. The molecule has 0 amide bonds. The molecule has 0 spiro atoms. The zero-order chi connectivity index (χ0) is 14.7. The summed E-state index contributed by atoms with van der Waals surface area (Å²) in [4.78, 5) is 7.90. The molecule has 0 aromatic carbocycles. The molecule has 1 saturated heterocycles. The van der Waals surface area contributed by atoms with Crippen LogP contribution in [0.4, 0.5) is 5.13 Å². The largest absolute Gasteiger partial charge is 0.375 e. The van der Waals surface area contributed by atoms with Crippen molar-refractivity contribution in [3.05, 3.63) is 29.0 Å². The lowest BCUT2D eigenvalue weighted by Gasteiger charge is -2.31. The Labute approximate surface area is 141 Å². The van der Waals surface area contributed by atoms with E-state index < -0.39 is 0 Å². The molecule has 0 unspecified atom stereocenters. The zero-order valence-electron chi connectivity index (χ0n) is 12.9. The molecule has 1 fully saturated rings. The van der Waals surface area contributed by atoms with E-state index in [1.807, 2.05) is 12.4 Å². The smallest absolute Gasteiger partial charge is 0.180 e. The van der Waals surface area contributed by atoms with Gasteiger partial charge in [0.15, 0.2) is 5.13 Å². The molecule has 7 heteroatoms.